The second-order valence-corrected chi connectivity index (χ2v) is 4.87. The molecular weight excluding hydrogens is 244 g/mol. The Morgan fingerprint density at radius 2 is 2.50 bits per heavy atom. The zero-order chi connectivity index (χ0) is 10.5. The van der Waals surface area contributed by atoms with E-state index in [2.05, 4.69) is 10.6 Å². The molecule has 1 aromatic heterocycles. The minimum atomic E-state index is 0. The fourth-order valence-corrected chi connectivity index (χ4v) is 2.45. The van der Waals surface area contributed by atoms with Gasteiger partial charge in [0.2, 0.25) is 5.91 Å². The van der Waals surface area contributed by atoms with Crippen molar-refractivity contribution in [3.05, 3.63) is 22.4 Å². The molecule has 0 bridgehead atoms. The summed E-state index contributed by atoms with van der Waals surface area (Å²) in [5.41, 5.74) is 0. The van der Waals surface area contributed by atoms with Crippen LogP contribution in [0.3, 0.4) is 0 Å². The molecule has 2 N–H and O–H groups in total. The van der Waals surface area contributed by atoms with Crippen LogP contribution in [0.25, 0.3) is 0 Å². The van der Waals surface area contributed by atoms with Crippen molar-refractivity contribution in [2.45, 2.75) is 19.4 Å². The highest BCUT2D eigenvalue weighted by Crippen LogP contribution is 2.11. The number of nitrogens with one attached hydrogen (secondary N) is 2. The maximum Gasteiger partial charge on any atom is 0.224 e. The van der Waals surface area contributed by atoms with Gasteiger partial charge in [-0.15, -0.1) is 23.7 Å². The highest BCUT2D eigenvalue weighted by atomic mass is 35.5. The van der Waals surface area contributed by atoms with E-state index >= 15 is 0 Å². The number of carbonyl (C=O) groups is 1. The third-order valence-corrected chi connectivity index (χ3v) is 3.56. The number of halogens is 1. The Balaban J connectivity index is 0.00000128. The summed E-state index contributed by atoms with van der Waals surface area (Å²) in [6.45, 7) is 2.55. The van der Waals surface area contributed by atoms with Crippen LogP contribution in [0.4, 0.5) is 0 Å². The highest BCUT2D eigenvalue weighted by molar-refractivity contribution is 7.09. The van der Waals surface area contributed by atoms with E-state index in [0.717, 1.165) is 25.9 Å². The molecule has 3 nitrogen and oxygen atoms in total. The zero-order valence-corrected chi connectivity index (χ0v) is 10.7. The Labute approximate surface area is 106 Å². The summed E-state index contributed by atoms with van der Waals surface area (Å²) in [6.07, 6.45) is 2.13. The first-order valence-corrected chi connectivity index (χ1v) is 6.25. The quantitative estimate of drug-likeness (QED) is 0.870. The van der Waals surface area contributed by atoms with Crippen LogP contribution in [0, 0.1) is 5.92 Å². The van der Waals surface area contributed by atoms with Crippen LogP contribution >= 0.6 is 23.7 Å². The van der Waals surface area contributed by atoms with Crippen molar-refractivity contribution in [2.24, 2.45) is 5.92 Å². The van der Waals surface area contributed by atoms with E-state index in [4.69, 9.17) is 0 Å². The zero-order valence-electron chi connectivity index (χ0n) is 9.07. The molecule has 0 spiro atoms. The Kier molecular flexibility index (Phi) is 5.80. The van der Waals surface area contributed by atoms with Crippen molar-refractivity contribution in [3.63, 3.8) is 0 Å². The SMILES string of the molecule is Cl.O=C(NCc1cccs1)C1CCCNC1. The molecule has 90 valence electrons. The second kappa shape index (κ2) is 6.89. The number of thiophene rings is 1. The summed E-state index contributed by atoms with van der Waals surface area (Å²) in [7, 11) is 0. The first kappa shape index (κ1) is 13.5. The van der Waals surface area contributed by atoms with Gasteiger partial charge >= 0.3 is 0 Å². The number of carbonyl (C=O) groups excluding carboxylic acids is 1. The van der Waals surface area contributed by atoms with Gasteiger partial charge < -0.3 is 10.6 Å². The van der Waals surface area contributed by atoms with Crippen LogP contribution in [0.2, 0.25) is 0 Å². The molecule has 1 aromatic rings. The Hall–Kier alpha value is -0.580. The maximum atomic E-state index is 11.7. The van der Waals surface area contributed by atoms with E-state index in [1.54, 1.807) is 11.3 Å². The molecule has 0 saturated carbocycles. The number of rotatable bonds is 3. The molecule has 1 saturated heterocycles. The van der Waals surface area contributed by atoms with Crippen molar-refractivity contribution >= 4 is 29.7 Å². The number of amides is 1. The molecular formula is C11H17ClN2OS. The first-order chi connectivity index (χ1) is 7.36. The molecule has 1 aliphatic heterocycles. The van der Waals surface area contributed by atoms with Crippen molar-refractivity contribution < 1.29 is 4.79 Å². The summed E-state index contributed by atoms with van der Waals surface area (Å²) in [5, 5.41) is 8.27. The Morgan fingerprint density at radius 1 is 1.62 bits per heavy atom. The van der Waals surface area contributed by atoms with Gasteiger partial charge in [-0.2, -0.15) is 0 Å². The van der Waals surface area contributed by atoms with Gasteiger partial charge in [0.05, 0.1) is 12.5 Å². The minimum Gasteiger partial charge on any atom is -0.351 e. The average Bonchev–Trinajstić information content (AvgIpc) is 2.80. The molecule has 0 radical (unpaired) electrons. The maximum absolute atomic E-state index is 11.7. The van der Waals surface area contributed by atoms with Crippen LogP contribution < -0.4 is 10.6 Å². The van der Waals surface area contributed by atoms with Gasteiger partial charge in [-0.1, -0.05) is 6.07 Å². The monoisotopic (exact) mass is 260 g/mol. The van der Waals surface area contributed by atoms with Crippen molar-refractivity contribution in [1.82, 2.24) is 10.6 Å². The van der Waals surface area contributed by atoms with E-state index in [9.17, 15) is 4.79 Å². The summed E-state index contributed by atoms with van der Waals surface area (Å²) in [6, 6.07) is 4.05. The molecule has 1 atom stereocenters. The lowest BCUT2D eigenvalue weighted by Crippen LogP contribution is -2.40. The predicted octanol–water partition coefficient (Wildman–Crippen LogP) is 1.79. The van der Waals surface area contributed by atoms with Gasteiger partial charge in [-0.05, 0) is 30.8 Å². The number of hydrogen-bond acceptors (Lipinski definition) is 3. The largest absolute Gasteiger partial charge is 0.351 e. The van der Waals surface area contributed by atoms with Gasteiger partial charge in [0.15, 0.2) is 0 Å². The molecule has 0 aromatic carbocycles. The lowest BCUT2D eigenvalue weighted by molar-refractivity contribution is -0.125. The van der Waals surface area contributed by atoms with Crippen LogP contribution in [0.1, 0.15) is 17.7 Å². The van der Waals surface area contributed by atoms with E-state index in [1.165, 1.54) is 4.88 Å². The average molecular weight is 261 g/mol. The Bertz CT molecular complexity index is 310. The highest BCUT2D eigenvalue weighted by Gasteiger charge is 2.20. The van der Waals surface area contributed by atoms with Crippen molar-refractivity contribution in [3.8, 4) is 0 Å². The number of piperidine rings is 1. The molecule has 2 rings (SSSR count). The summed E-state index contributed by atoms with van der Waals surface area (Å²) >= 11 is 1.68. The van der Waals surface area contributed by atoms with Gasteiger partial charge in [-0.25, -0.2) is 0 Å². The molecule has 16 heavy (non-hydrogen) atoms. The molecule has 2 heterocycles. The molecule has 1 aliphatic rings. The van der Waals surface area contributed by atoms with Crippen LogP contribution in [0.5, 0.6) is 0 Å². The molecule has 5 heteroatoms. The fraction of sp³-hybridized carbons (Fsp3) is 0.545. The first-order valence-electron chi connectivity index (χ1n) is 5.37. The van der Waals surface area contributed by atoms with Gasteiger partial charge in [0, 0.05) is 11.4 Å². The standard InChI is InChI=1S/C11H16N2OS.ClH/c14-11(9-3-1-5-12-7-9)13-8-10-4-2-6-15-10;/h2,4,6,9,12H,1,3,5,7-8H2,(H,13,14);1H. The van der Waals surface area contributed by atoms with Gasteiger partial charge in [0.25, 0.3) is 0 Å². The normalized spacial score (nSPS) is 19.9. The third kappa shape index (κ3) is 3.77. The predicted molar refractivity (Wildman–Crippen MR) is 69.0 cm³/mol. The Morgan fingerprint density at radius 3 is 3.12 bits per heavy atom. The fourth-order valence-electron chi connectivity index (χ4n) is 1.81. The molecule has 1 unspecified atom stereocenters. The third-order valence-electron chi connectivity index (χ3n) is 2.68. The molecule has 1 amide bonds. The van der Waals surface area contributed by atoms with Crippen LogP contribution in [-0.2, 0) is 11.3 Å². The topological polar surface area (TPSA) is 41.1 Å². The van der Waals surface area contributed by atoms with Gasteiger partial charge in [0.1, 0.15) is 0 Å². The molecule has 1 fully saturated rings. The van der Waals surface area contributed by atoms with Crippen LogP contribution in [-0.4, -0.2) is 19.0 Å². The smallest absolute Gasteiger partial charge is 0.224 e. The summed E-state index contributed by atoms with van der Waals surface area (Å²) in [4.78, 5) is 13.0. The minimum absolute atomic E-state index is 0. The lowest BCUT2D eigenvalue weighted by Gasteiger charge is -2.21. The van der Waals surface area contributed by atoms with Gasteiger partial charge in [-0.3, -0.25) is 4.79 Å². The van der Waals surface area contributed by atoms with Crippen molar-refractivity contribution in [1.29, 1.82) is 0 Å². The van der Waals surface area contributed by atoms with E-state index in [-0.39, 0.29) is 24.2 Å². The second-order valence-electron chi connectivity index (χ2n) is 3.84. The van der Waals surface area contributed by atoms with Crippen molar-refractivity contribution in [2.75, 3.05) is 13.1 Å². The van der Waals surface area contributed by atoms with E-state index in [1.807, 2.05) is 17.5 Å². The summed E-state index contributed by atoms with van der Waals surface area (Å²) in [5.74, 6) is 0.356. The number of hydrogen-bond donors (Lipinski definition) is 2. The lowest BCUT2D eigenvalue weighted by atomic mass is 9.99. The molecule has 0 aliphatic carbocycles. The van der Waals surface area contributed by atoms with E-state index in [0.29, 0.717) is 6.54 Å². The van der Waals surface area contributed by atoms with E-state index < -0.39 is 0 Å². The summed E-state index contributed by atoms with van der Waals surface area (Å²) < 4.78 is 0. The van der Waals surface area contributed by atoms with Crippen LogP contribution in [0.15, 0.2) is 17.5 Å².